The highest BCUT2D eigenvalue weighted by Crippen LogP contribution is 2.35. The zero-order chi connectivity index (χ0) is 52.7. The second kappa shape index (κ2) is 45.2. The number of aryl methyl sites for hydroxylation is 9. The van der Waals surface area contributed by atoms with E-state index in [9.17, 15) is 0 Å². The second-order valence-corrected chi connectivity index (χ2v) is 16.1. The van der Waals surface area contributed by atoms with Gasteiger partial charge in [0, 0.05) is 0 Å². The van der Waals surface area contributed by atoms with Crippen LogP contribution in [0.15, 0.2) is 121 Å². The minimum Gasteiger partial charge on any atom is -0.0776 e. The molecule has 398 valence electrons. The topological polar surface area (TPSA) is 0 Å². The summed E-state index contributed by atoms with van der Waals surface area (Å²) in [5.41, 5.74) is 22.9. The molecule has 0 N–H and O–H groups in total. The highest BCUT2D eigenvalue weighted by atomic mass is 14.2. The Morgan fingerprint density at radius 1 is 0.324 bits per heavy atom. The van der Waals surface area contributed by atoms with Crippen molar-refractivity contribution < 1.29 is 0 Å². The van der Waals surface area contributed by atoms with Crippen LogP contribution in [0.3, 0.4) is 0 Å². The molecule has 6 aromatic rings. The van der Waals surface area contributed by atoms with Crippen LogP contribution in [-0.4, -0.2) is 0 Å². The molecule has 0 atom stereocenters. The van der Waals surface area contributed by atoms with Crippen LogP contribution in [0, 0.1) is 12.8 Å². The second-order valence-electron chi connectivity index (χ2n) is 16.1. The first-order chi connectivity index (χ1) is 33.7. The van der Waals surface area contributed by atoms with Crippen molar-refractivity contribution in [3.05, 3.63) is 177 Å². The van der Waals surface area contributed by atoms with E-state index in [4.69, 9.17) is 0 Å². The van der Waals surface area contributed by atoms with Gasteiger partial charge in [-0.15, -0.1) is 0 Å². The molecule has 0 heteroatoms. The van der Waals surface area contributed by atoms with Crippen molar-refractivity contribution in [3.63, 3.8) is 0 Å². The van der Waals surface area contributed by atoms with Gasteiger partial charge in [-0.3, -0.25) is 0 Å². The first-order valence-electron chi connectivity index (χ1n) is 28.4. The minimum atomic E-state index is 0. The quantitative estimate of drug-likeness (QED) is 0.115. The van der Waals surface area contributed by atoms with E-state index in [0.717, 1.165) is 44.4 Å². The van der Waals surface area contributed by atoms with Gasteiger partial charge >= 0.3 is 0 Å². The van der Waals surface area contributed by atoms with E-state index in [0.29, 0.717) is 0 Å². The summed E-state index contributed by atoms with van der Waals surface area (Å²) in [6, 6.07) is 45.8. The molecule has 7 rings (SSSR count). The van der Waals surface area contributed by atoms with E-state index in [2.05, 4.69) is 184 Å². The summed E-state index contributed by atoms with van der Waals surface area (Å²) < 4.78 is 0. The van der Waals surface area contributed by atoms with E-state index >= 15 is 0 Å². The molecule has 0 saturated heterocycles. The summed E-state index contributed by atoms with van der Waals surface area (Å²) >= 11 is 0. The first kappa shape index (κ1) is 72.9. The summed E-state index contributed by atoms with van der Waals surface area (Å²) in [6.45, 7) is 44.1. The molecule has 0 aliphatic heterocycles. The third kappa shape index (κ3) is 24.5. The lowest BCUT2D eigenvalue weighted by Crippen LogP contribution is -2.07. The van der Waals surface area contributed by atoms with Crippen molar-refractivity contribution >= 4 is 0 Å². The van der Waals surface area contributed by atoms with Crippen LogP contribution in [0.2, 0.25) is 0 Å². The lowest BCUT2D eigenvalue weighted by Gasteiger charge is -2.22. The lowest BCUT2D eigenvalue weighted by molar-refractivity contribution is 0.490. The van der Waals surface area contributed by atoms with Gasteiger partial charge in [-0.2, -0.15) is 0 Å². The van der Waals surface area contributed by atoms with Crippen molar-refractivity contribution in [2.24, 2.45) is 5.92 Å². The highest BCUT2D eigenvalue weighted by molar-refractivity contribution is 5.74. The van der Waals surface area contributed by atoms with Gasteiger partial charge in [0.1, 0.15) is 0 Å². The van der Waals surface area contributed by atoms with Crippen molar-refractivity contribution in [1.29, 1.82) is 0 Å². The SMILES string of the molecule is C.C.CC.CC.CC.CC.CC.CC.CCC(CC)Cc1ccc2c(c1)CCc1cc(C)ccc1-2.CCc1ccc(-c2cc(CC)cc(CC)c2)cc1.CCc1ccc(-c2ccc(CC)c(CC)c2)cc1. The zero-order valence-electron chi connectivity index (χ0n) is 48.9. The average molecular weight is 968 g/mol. The fourth-order valence-corrected chi connectivity index (χ4v) is 8.30. The molecule has 0 saturated carbocycles. The number of fused-ring (bicyclic) bond motifs is 3. The summed E-state index contributed by atoms with van der Waals surface area (Å²) in [5, 5.41) is 0. The van der Waals surface area contributed by atoms with Gasteiger partial charge in [-0.25, -0.2) is 0 Å². The Bertz CT molecular complexity index is 2120. The Hall–Kier alpha value is -4.68. The van der Waals surface area contributed by atoms with E-state index < -0.39 is 0 Å². The van der Waals surface area contributed by atoms with Gasteiger partial charge in [-0.05, 0) is 154 Å². The average Bonchev–Trinajstić information content (AvgIpc) is 3.45. The lowest BCUT2D eigenvalue weighted by atomic mass is 9.83. The molecule has 0 unspecified atom stereocenters. The highest BCUT2D eigenvalue weighted by Gasteiger charge is 2.17. The molecule has 0 heterocycles. The largest absolute Gasteiger partial charge is 0.0776 e. The van der Waals surface area contributed by atoms with E-state index in [1.54, 1.807) is 5.56 Å². The monoisotopic (exact) mass is 967 g/mol. The van der Waals surface area contributed by atoms with Crippen molar-refractivity contribution in [2.75, 3.05) is 0 Å². The van der Waals surface area contributed by atoms with Crippen molar-refractivity contribution in [1.82, 2.24) is 0 Å². The number of benzene rings is 6. The van der Waals surface area contributed by atoms with Crippen LogP contribution in [0.4, 0.5) is 0 Å². The zero-order valence-corrected chi connectivity index (χ0v) is 48.9. The number of hydrogen-bond acceptors (Lipinski definition) is 0. The molecular formula is C71H114. The van der Waals surface area contributed by atoms with Crippen molar-refractivity contribution in [3.8, 4) is 33.4 Å². The molecule has 0 fully saturated rings. The van der Waals surface area contributed by atoms with Gasteiger partial charge < -0.3 is 0 Å². The van der Waals surface area contributed by atoms with Gasteiger partial charge in [-0.1, -0.05) is 293 Å². The molecule has 0 amide bonds. The van der Waals surface area contributed by atoms with Gasteiger partial charge in [0.05, 0.1) is 0 Å². The van der Waals surface area contributed by atoms with E-state index in [1.807, 2.05) is 83.1 Å². The summed E-state index contributed by atoms with van der Waals surface area (Å²) in [5.74, 6) is 0.835. The predicted octanol–water partition coefficient (Wildman–Crippen LogP) is 23.3. The van der Waals surface area contributed by atoms with E-state index in [1.165, 1.54) is 116 Å². The molecule has 6 aromatic carbocycles. The first-order valence-corrected chi connectivity index (χ1v) is 28.4. The number of hydrogen-bond donors (Lipinski definition) is 0. The van der Waals surface area contributed by atoms with Crippen LogP contribution < -0.4 is 0 Å². The fourth-order valence-electron chi connectivity index (χ4n) is 8.30. The summed E-state index contributed by atoms with van der Waals surface area (Å²) in [6.07, 6.45) is 12.9. The van der Waals surface area contributed by atoms with Gasteiger partial charge in [0.2, 0.25) is 0 Å². The van der Waals surface area contributed by atoms with Crippen LogP contribution >= 0.6 is 0 Å². The van der Waals surface area contributed by atoms with Gasteiger partial charge in [0.15, 0.2) is 0 Å². The standard InChI is InChI=1S/C21H26.2C18H22.6C2H6.2CH4/c1-4-16(5-2)13-17-7-11-21-19(14-17)9-8-18-12-15(3)6-10-20(18)21;1-4-14-7-9-17(10-8-14)18-12-15(5-2)11-16(6-3)13-18;1-4-14-7-9-17(10-8-14)18-12-11-15(5-2)16(6-3)13-18;6*1-2;;/h6-7,10-12,14,16H,4-5,8-9,13H2,1-3H3;2*7-13H,4-6H2,1-3H3;6*1-2H3;2*1H4. The van der Waals surface area contributed by atoms with Crippen LogP contribution in [0.25, 0.3) is 33.4 Å². The predicted molar refractivity (Wildman–Crippen MR) is 333 cm³/mol. The molecule has 71 heavy (non-hydrogen) atoms. The maximum absolute atomic E-state index is 2.47. The van der Waals surface area contributed by atoms with Crippen LogP contribution in [0.5, 0.6) is 0 Å². The van der Waals surface area contributed by atoms with Gasteiger partial charge in [0.25, 0.3) is 0 Å². The molecule has 0 spiro atoms. The normalized spacial score (nSPS) is 9.77. The summed E-state index contributed by atoms with van der Waals surface area (Å²) in [7, 11) is 0. The maximum atomic E-state index is 2.47. The minimum absolute atomic E-state index is 0. The molecular weight excluding hydrogens is 853 g/mol. The Kier molecular flexibility index (Phi) is 46.4. The molecule has 0 aromatic heterocycles. The molecule has 1 aliphatic carbocycles. The summed E-state index contributed by atoms with van der Waals surface area (Å²) in [4.78, 5) is 0. The molecule has 0 radical (unpaired) electrons. The Balaban J connectivity index is -0.000000423. The smallest absolute Gasteiger partial charge is 0.0149 e. The Labute approximate surface area is 445 Å². The molecule has 1 aliphatic rings. The third-order valence-electron chi connectivity index (χ3n) is 12.3. The molecule has 0 nitrogen and oxygen atoms in total. The molecule has 0 bridgehead atoms. The number of rotatable bonds is 12. The maximum Gasteiger partial charge on any atom is -0.0149 e. The Morgan fingerprint density at radius 2 is 0.704 bits per heavy atom. The van der Waals surface area contributed by atoms with Crippen molar-refractivity contribution in [2.45, 2.75) is 231 Å². The van der Waals surface area contributed by atoms with Crippen LogP contribution in [0.1, 0.15) is 222 Å². The van der Waals surface area contributed by atoms with Crippen LogP contribution in [-0.2, 0) is 57.8 Å². The fraction of sp³-hybridized carbons (Fsp3) is 0.493. The third-order valence-corrected chi connectivity index (χ3v) is 12.3. The van der Waals surface area contributed by atoms with E-state index in [-0.39, 0.29) is 14.9 Å². The Morgan fingerprint density at radius 3 is 1.11 bits per heavy atom.